The standard InChI is InChI=1S/C12H22ClNO/c1-2-3-8-12(15)14(10-9-13)11-6-4-5-7-11/h11H,2-10H2,1H3. The first kappa shape index (κ1) is 12.8. The van der Waals surface area contributed by atoms with E-state index >= 15 is 0 Å². The maximum Gasteiger partial charge on any atom is 0.222 e. The van der Waals surface area contributed by atoms with Crippen LogP contribution in [0.4, 0.5) is 0 Å². The highest BCUT2D eigenvalue weighted by Crippen LogP contribution is 2.24. The van der Waals surface area contributed by atoms with Crippen LogP contribution in [-0.2, 0) is 4.79 Å². The normalized spacial score (nSPS) is 16.9. The maximum atomic E-state index is 11.9. The number of amides is 1. The zero-order chi connectivity index (χ0) is 11.1. The second kappa shape index (κ2) is 7.10. The second-order valence-electron chi connectivity index (χ2n) is 4.32. The van der Waals surface area contributed by atoms with Crippen LogP contribution >= 0.6 is 11.6 Å². The van der Waals surface area contributed by atoms with Gasteiger partial charge in [0.1, 0.15) is 0 Å². The first-order chi connectivity index (χ1) is 7.29. The van der Waals surface area contributed by atoms with Gasteiger partial charge in [0.2, 0.25) is 5.91 Å². The Kier molecular flexibility index (Phi) is 6.07. The molecular weight excluding hydrogens is 210 g/mol. The lowest BCUT2D eigenvalue weighted by Crippen LogP contribution is -2.40. The van der Waals surface area contributed by atoms with Gasteiger partial charge in [-0.25, -0.2) is 0 Å². The molecule has 1 aliphatic rings. The van der Waals surface area contributed by atoms with Crippen LogP contribution in [0.15, 0.2) is 0 Å². The summed E-state index contributed by atoms with van der Waals surface area (Å²) in [5.74, 6) is 0.873. The molecule has 0 saturated heterocycles. The van der Waals surface area contributed by atoms with Gasteiger partial charge in [-0.15, -0.1) is 11.6 Å². The number of alkyl halides is 1. The van der Waals surface area contributed by atoms with Crippen molar-refractivity contribution in [2.45, 2.75) is 57.9 Å². The van der Waals surface area contributed by atoms with Gasteiger partial charge in [-0.2, -0.15) is 0 Å². The molecule has 0 spiro atoms. The van der Waals surface area contributed by atoms with Crippen molar-refractivity contribution in [1.29, 1.82) is 0 Å². The molecule has 2 nitrogen and oxygen atoms in total. The Morgan fingerprint density at radius 1 is 1.40 bits per heavy atom. The number of unbranched alkanes of at least 4 members (excludes halogenated alkanes) is 1. The van der Waals surface area contributed by atoms with E-state index in [1.807, 2.05) is 4.90 Å². The lowest BCUT2D eigenvalue weighted by atomic mass is 10.1. The minimum absolute atomic E-state index is 0.310. The molecular formula is C12H22ClNO. The predicted molar refractivity (Wildman–Crippen MR) is 64.2 cm³/mol. The number of carbonyl (C=O) groups excluding carboxylic acids is 1. The summed E-state index contributed by atoms with van der Waals surface area (Å²) in [6.07, 6.45) is 7.68. The monoisotopic (exact) mass is 231 g/mol. The SMILES string of the molecule is CCCCC(=O)N(CCCl)C1CCCC1. The molecule has 0 bridgehead atoms. The minimum Gasteiger partial charge on any atom is -0.339 e. The molecule has 1 rings (SSSR count). The second-order valence-corrected chi connectivity index (χ2v) is 4.70. The van der Waals surface area contributed by atoms with E-state index < -0.39 is 0 Å². The highest BCUT2D eigenvalue weighted by atomic mass is 35.5. The lowest BCUT2D eigenvalue weighted by Gasteiger charge is -2.28. The molecule has 0 aromatic rings. The average molecular weight is 232 g/mol. The van der Waals surface area contributed by atoms with Crippen LogP contribution < -0.4 is 0 Å². The number of hydrogen-bond donors (Lipinski definition) is 0. The molecule has 0 atom stereocenters. The van der Waals surface area contributed by atoms with Crippen LogP contribution in [0, 0.1) is 0 Å². The van der Waals surface area contributed by atoms with Gasteiger partial charge in [-0.05, 0) is 19.3 Å². The quantitative estimate of drug-likeness (QED) is 0.643. The van der Waals surface area contributed by atoms with E-state index in [1.54, 1.807) is 0 Å². The summed E-state index contributed by atoms with van der Waals surface area (Å²) in [7, 11) is 0. The van der Waals surface area contributed by atoms with Crippen molar-refractivity contribution in [3.05, 3.63) is 0 Å². The average Bonchev–Trinajstić information content (AvgIpc) is 2.75. The van der Waals surface area contributed by atoms with Gasteiger partial charge in [0.25, 0.3) is 0 Å². The highest BCUT2D eigenvalue weighted by Gasteiger charge is 2.25. The summed E-state index contributed by atoms with van der Waals surface area (Å²) in [5.41, 5.74) is 0. The number of nitrogens with zero attached hydrogens (tertiary/aromatic N) is 1. The molecule has 0 heterocycles. The van der Waals surface area contributed by atoms with Crippen molar-refractivity contribution in [1.82, 2.24) is 4.90 Å². The van der Waals surface area contributed by atoms with Crippen LogP contribution in [0.5, 0.6) is 0 Å². The van der Waals surface area contributed by atoms with E-state index in [0.29, 0.717) is 24.2 Å². The van der Waals surface area contributed by atoms with Gasteiger partial charge in [0, 0.05) is 24.9 Å². The molecule has 88 valence electrons. The number of carbonyl (C=O) groups is 1. The van der Waals surface area contributed by atoms with E-state index in [4.69, 9.17) is 11.6 Å². The van der Waals surface area contributed by atoms with Gasteiger partial charge < -0.3 is 4.90 Å². The lowest BCUT2D eigenvalue weighted by molar-refractivity contribution is -0.133. The molecule has 0 N–H and O–H groups in total. The van der Waals surface area contributed by atoms with Crippen LogP contribution in [0.2, 0.25) is 0 Å². The fourth-order valence-corrected chi connectivity index (χ4v) is 2.47. The Bertz CT molecular complexity index is 190. The van der Waals surface area contributed by atoms with Crippen molar-refractivity contribution in [2.75, 3.05) is 12.4 Å². The fraction of sp³-hybridized carbons (Fsp3) is 0.917. The molecule has 15 heavy (non-hydrogen) atoms. The third kappa shape index (κ3) is 4.02. The van der Waals surface area contributed by atoms with Gasteiger partial charge in [-0.3, -0.25) is 4.79 Å². The molecule has 0 aliphatic heterocycles. The summed E-state index contributed by atoms with van der Waals surface area (Å²) < 4.78 is 0. The zero-order valence-corrected chi connectivity index (χ0v) is 10.4. The number of hydrogen-bond acceptors (Lipinski definition) is 1. The number of rotatable bonds is 6. The molecule has 3 heteroatoms. The topological polar surface area (TPSA) is 20.3 Å². The summed E-state index contributed by atoms with van der Waals surface area (Å²) in [4.78, 5) is 14.0. The Hall–Kier alpha value is -0.240. The van der Waals surface area contributed by atoms with Crippen molar-refractivity contribution in [3.8, 4) is 0 Å². The van der Waals surface area contributed by atoms with Crippen LogP contribution in [0.25, 0.3) is 0 Å². The van der Waals surface area contributed by atoms with E-state index in [1.165, 1.54) is 25.7 Å². The van der Waals surface area contributed by atoms with E-state index in [0.717, 1.165) is 19.4 Å². The molecule has 0 aromatic carbocycles. The molecule has 0 radical (unpaired) electrons. The van der Waals surface area contributed by atoms with E-state index in [9.17, 15) is 4.79 Å². The third-order valence-electron chi connectivity index (χ3n) is 3.16. The Morgan fingerprint density at radius 3 is 2.60 bits per heavy atom. The van der Waals surface area contributed by atoms with Crippen molar-refractivity contribution < 1.29 is 4.79 Å². The van der Waals surface area contributed by atoms with Crippen molar-refractivity contribution in [3.63, 3.8) is 0 Å². The van der Waals surface area contributed by atoms with Crippen LogP contribution in [0.1, 0.15) is 51.9 Å². The Balaban J connectivity index is 2.43. The van der Waals surface area contributed by atoms with E-state index in [2.05, 4.69) is 6.92 Å². The molecule has 1 aliphatic carbocycles. The summed E-state index contributed by atoms with van der Waals surface area (Å²) in [6.45, 7) is 2.85. The minimum atomic E-state index is 0.310. The number of halogens is 1. The van der Waals surface area contributed by atoms with Gasteiger partial charge in [0.15, 0.2) is 0 Å². The third-order valence-corrected chi connectivity index (χ3v) is 3.32. The highest BCUT2D eigenvalue weighted by molar-refractivity contribution is 6.18. The summed E-state index contributed by atoms with van der Waals surface area (Å²) in [5, 5.41) is 0. The molecule has 1 amide bonds. The smallest absolute Gasteiger partial charge is 0.222 e. The summed E-state index contributed by atoms with van der Waals surface area (Å²) in [6, 6.07) is 0.480. The largest absolute Gasteiger partial charge is 0.339 e. The fourth-order valence-electron chi connectivity index (χ4n) is 2.29. The molecule has 1 fully saturated rings. The van der Waals surface area contributed by atoms with Crippen LogP contribution in [-0.4, -0.2) is 29.3 Å². The van der Waals surface area contributed by atoms with Crippen molar-refractivity contribution >= 4 is 17.5 Å². The van der Waals surface area contributed by atoms with Gasteiger partial charge in [0.05, 0.1) is 0 Å². The Morgan fingerprint density at radius 2 is 2.07 bits per heavy atom. The first-order valence-corrected chi connectivity index (χ1v) is 6.68. The summed E-state index contributed by atoms with van der Waals surface area (Å²) >= 11 is 5.76. The Labute approximate surface area is 98.0 Å². The van der Waals surface area contributed by atoms with E-state index in [-0.39, 0.29) is 0 Å². The van der Waals surface area contributed by atoms with Crippen molar-refractivity contribution in [2.24, 2.45) is 0 Å². The molecule has 0 aromatic heterocycles. The predicted octanol–water partition coefficient (Wildman–Crippen LogP) is 3.19. The molecule has 1 saturated carbocycles. The van der Waals surface area contributed by atoms with Gasteiger partial charge >= 0.3 is 0 Å². The first-order valence-electron chi connectivity index (χ1n) is 6.15. The van der Waals surface area contributed by atoms with Gasteiger partial charge in [-0.1, -0.05) is 26.2 Å². The molecule has 0 unspecified atom stereocenters. The van der Waals surface area contributed by atoms with Crippen LogP contribution in [0.3, 0.4) is 0 Å². The zero-order valence-electron chi connectivity index (χ0n) is 9.67. The maximum absolute atomic E-state index is 11.9.